The summed E-state index contributed by atoms with van der Waals surface area (Å²) in [6.45, 7) is 5.94. The van der Waals surface area contributed by atoms with Gasteiger partial charge in [0.2, 0.25) is 0 Å². The highest BCUT2D eigenvalue weighted by molar-refractivity contribution is 5.80. The van der Waals surface area contributed by atoms with Crippen LogP contribution in [0.3, 0.4) is 0 Å². The molecule has 2 fully saturated rings. The molecule has 1 aliphatic heterocycles. The summed E-state index contributed by atoms with van der Waals surface area (Å²) in [5, 5.41) is 7.04. The molecule has 0 amide bonds. The molecule has 2 aliphatic rings. The van der Waals surface area contributed by atoms with Crippen molar-refractivity contribution in [3.8, 4) is 5.82 Å². The highest BCUT2D eigenvalue weighted by atomic mass is 15.3. The third kappa shape index (κ3) is 4.70. The zero-order valence-electron chi connectivity index (χ0n) is 16.7. The van der Waals surface area contributed by atoms with Crippen molar-refractivity contribution in [1.82, 2.24) is 30.1 Å². The predicted octanol–water partition coefficient (Wildman–Crippen LogP) is 2.34. The summed E-state index contributed by atoms with van der Waals surface area (Å²) < 4.78 is 1.91. The molecule has 28 heavy (non-hydrogen) atoms. The van der Waals surface area contributed by atoms with Crippen molar-refractivity contribution >= 4 is 5.96 Å². The highest BCUT2D eigenvalue weighted by Crippen LogP contribution is 2.26. The monoisotopic (exact) mass is 381 g/mol. The summed E-state index contributed by atoms with van der Waals surface area (Å²) in [6.07, 6.45) is 14.0. The van der Waals surface area contributed by atoms with Crippen LogP contribution in [0.15, 0.2) is 42.0 Å². The molecule has 2 aromatic rings. The molecule has 0 spiro atoms. The second kappa shape index (κ2) is 9.19. The minimum Gasteiger partial charge on any atom is -0.357 e. The molecule has 1 atom stereocenters. The number of nitrogens with one attached hydrogen (secondary N) is 2. The second-order valence-corrected chi connectivity index (χ2v) is 7.75. The number of aromatic nitrogens is 3. The van der Waals surface area contributed by atoms with E-state index in [0.29, 0.717) is 12.6 Å². The Morgan fingerprint density at radius 1 is 1.25 bits per heavy atom. The molecule has 2 aromatic heterocycles. The van der Waals surface area contributed by atoms with Gasteiger partial charge in [-0.05, 0) is 43.9 Å². The second-order valence-electron chi connectivity index (χ2n) is 7.75. The zero-order chi connectivity index (χ0) is 19.2. The van der Waals surface area contributed by atoms with Crippen molar-refractivity contribution in [2.24, 2.45) is 4.99 Å². The van der Waals surface area contributed by atoms with E-state index in [2.05, 4.69) is 38.5 Å². The fraction of sp³-hybridized carbons (Fsp3) is 0.571. The largest absolute Gasteiger partial charge is 0.357 e. The minimum absolute atomic E-state index is 0.484. The van der Waals surface area contributed by atoms with Crippen LogP contribution in [0.2, 0.25) is 0 Å². The standard InChI is InChI=1S/C21H31N7/c1-2-23-21(26-18-8-11-27(15-18)19-5-3-4-6-19)25-14-17-7-9-24-20(13-17)28-12-10-22-16-28/h7,9-10,12-13,16,18-19H,2-6,8,11,14-15H2,1H3,(H2,23,25,26). The Morgan fingerprint density at radius 3 is 2.93 bits per heavy atom. The number of aliphatic imine (C=N–C) groups is 1. The lowest BCUT2D eigenvalue weighted by molar-refractivity contribution is 0.242. The molecule has 0 bridgehead atoms. The van der Waals surface area contributed by atoms with Gasteiger partial charge in [-0.3, -0.25) is 9.47 Å². The van der Waals surface area contributed by atoms with E-state index in [1.807, 2.05) is 23.0 Å². The van der Waals surface area contributed by atoms with Gasteiger partial charge in [0.05, 0.1) is 6.54 Å². The summed E-state index contributed by atoms with van der Waals surface area (Å²) in [5.41, 5.74) is 1.13. The molecule has 150 valence electrons. The highest BCUT2D eigenvalue weighted by Gasteiger charge is 2.30. The Balaban J connectivity index is 1.36. The van der Waals surface area contributed by atoms with E-state index < -0.39 is 0 Å². The smallest absolute Gasteiger partial charge is 0.191 e. The number of hydrogen-bond donors (Lipinski definition) is 2. The van der Waals surface area contributed by atoms with E-state index in [1.54, 1.807) is 12.5 Å². The molecule has 1 saturated carbocycles. The molecule has 1 unspecified atom stereocenters. The SMILES string of the molecule is CCNC(=NCc1ccnc(-n2ccnc2)c1)NC1CCN(C2CCCC2)C1. The van der Waals surface area contributed by atoms with E-state index in [9.17, 15) is 0 Å². The Kier molecular flexibility index (Phi) is 6.21. The third-order valence-corrected chi connectivity index (χ3v) is 5.74. The number of rotatable bonds is 6. The van der Waals surface area contributed by atoms with Crippen LogP contribution in [-0.4, -0.2) is 57.1 Å². The lowest BCUT2D eigenvalue weighted by Crippen LogP contribution is -2.45. The maximum absolute atomic E-state index is 4.82. The van der Waals surface area contributed by atoms with Gasteiger partial charge in [0.25, 0.3) is 0 Å². The Hall–Kier alpha value is -2.41. The van der Waals surface area contributed by atoms with Crippen LogP contribution in [0.25, 0.3) is 5.82 Å². The zero-order valence-corrected chi connectivity index (χ0v) is 16.7. The van der Waals surface area contributed by atoms with E-state index in [0.717, 1.165) is 36.5 Å². The van der Waals surface area contributed by atoms with Gasteiger partial charge in [0, 0.05) is 50.3 Å². The van der Waals surface area contributed by atoms with Crippen LogP contribution < -0.4 is 10.6 Å². The van der Waals surface area contributed by atoms with Gasteiger partial charge in [-0.15, -0.1) is 0 Å². The molecule has 4 rings (SSSR count). The van der Waals surface area contributed by atoms with E-state index >= 15 is 0 Å². The van der Waals surface area contributed by atoms with Crippen molar-refractivity contribution < 1.29 is 0 Å². The van der Waals surface area contributed by atoms with Gasteiger partial charge in [0.15, 0.2) is 5.96 Å². The molecular weight excluding hydrogens is 350 g/mol. The van der Waals surface area contributed by atoms with Crippen LogP contribution in [0, 0.1) is 0 Å². The molecule has 1 saturated heterocycles. The first kappa shape index (κ1) is 18.9. The normalized spacial score (nSPS) is 21.3. The number of nitrogens with zero attached hydrogens (tertiary/aromatic N) is 5. The molecule has 2 N–H and O–H groups in total. The van der Waals surface area contributed by atoms with Gasteiger partial charge in [0.1, 0.15) is 12.1 Å². The topological polar surface area (TPSA) is 70.4 Å². The van der Waals surface area contributed by atoms with Crippen LogP contribution in [0.4, 0.5) is 0 Å². The fourth-order valence-corrected chi connectivity index (χ4v) is 4.28. The Bertz CT molecular complexity index is 765. The summed E-state index contributed by atoms with van der Waals surface area (Å²) in [5.74, 6) is 1.77. The predicted molar refractivity (Wildman–Crippen MR) is 112 cm³/mol. The van der Waals surface area contributed by atoms with Crippen LogP contribution in [0.5, 0.6) is 0 Å². The van der Waals surface area contributed by atoms with Gasteiger partial charge < -0.3 is 10.6 Å². The van der Waals surface area contributed by atoms with Crippen LogP contribution in [0.1, 0.15) is 44.6 Å². The summed E-state index contributed by atoms with van der Waals surface area (Å²) in [6, 6.07) is 5.37. The van der Waals surface area contributed by atoms with E-state index in [4.69, 9.17) is 4.99 Å². The van der Waals surface area contributed by atoms with Crippen LogP contribution >= 0.6 is 0 Å². The maximum atomic E-state index is 4.82. The first-order chi connectivity index (χ1) is 13.8. The van der Waals surface area contributed by atoms with Gasteiger partial charge >= 0.3 is 0 Å². The number of imidazole rings is 1. The van der Waals surface area contributed by atoms with Crippen LogP contribution in [-0.2, 0) is 6.54 Å². The lowest BCUT2D eigenvalue weighted by Gasteiger charge is -2.24. The van der Waals surface area contributed by atoms with E-state index in [-0.39, 0.29) is 0 Å². The maximum Gasteiger partial charge on any atom is 0.191 e. The van der Waals surface area contributed by atoms with Crippen molar-refractivity contribution in [2.45, 2.75) is 57.7 Å². The molecule has 0 radical (unpaired) electrons. The van der Waals surface area contributed by atoms with Gasteiger partial charge in [-0.25, -0.2) is 15.0 Å². The molecule has 7 heteroatoms. The quantitative estimate of drug-likeness (QED) is 0.594. The summed E-state index contributed by atoms with van der Waals surface area (Å²) in [7, 11) is 0. The van der Waals surface area contributed by atoms with Gasteiger partial charge in [-0.2, -0.15) is 0 Å². The average molecular weight is 382 g/mol. The van der Waals surface area contributed by atoms with Crippen molar-refractivity contribution in [1.29, 1.82) is 0 Å². The molecule has 1 aliphatic carbocycles. The summed E-state index contributed by atoms with van der Waals surface area (Å²) in [4.78, 5) is 16.0. The summed E-state index contributed by atoms with van der Waals surface area (Å²) >= 11 is 0. The first-order valence-electron chi connectivity index (χ1n) is 10.5. The third-order valence-electron chi connectivity index (χ3n) is 5.74. The molecule has 0 aromatic carbocycles. The van der Waals surface area contributed by atoms with Crippen molar-refractivity contribution in [3.05, 3.63) is 42.6 Å². The average Bonchev–Trinajstić information content (AvgIpc) is 3.49. The first-order valence-corrected chi connectivity index (χ1v) is 10.5. The number of likely N-dealkylation sites (tertiary alicyclic amines) is 1. The lowest BCUT2D eigenvalue weighted by atomic mass is 10.2. The van der Waals surface area contributed by atoms with Gasteiger partial charge in [-0.1, -0.05) is 12.8 Å². The molecular formula is C21H31N7. The molecule has 7 nitrogen and oxygen atoms in total. The Labute approximate surface area is 167 Å². The van der Waals surface area contributed by atoms with Crippen molar-refractivity contribution in [3.63, 3.8) is 0 Å². The number of guanidine groups is 1. The minimum atomic E-state index is 0.484. The number of hydrogen-bond acceptors (Lipinski definition) is 4. The fourth-order valence-electron chi connectivity index (χ4n) is 4.28. The Morgan fingerprint density at radius 2 is 2.14 bits per heavy atom. The molecule has 3 heterocycles. The van der Waals surface area contributed by atoms with Crippen molar-refractivity contribution in [2.75, 3.05) is 19.6 Å². The van der Waals surface area contributed by atoms with E-state index in [1.165, 1.54) is 38.6 Å². The number of pyridine rings is 1.